The second kappa shape index (κ2) is 10.2. The summed E-state index contributed by atoms with van der Waals surface area (Å²) in [6.45, 7) is 3.57. The van der Waals surface area contributed by atoms with Gasteiger partial charge in [0.15, 0.2) is 5.82 Å². The van der Waals surface area contributed by atoms with E-state index in [9.17, 15) is 26.3 Å². The van der Waals surface area contributed by atoms with E-state index in [1.165, 1.54) is 0 Å². The molecule has 3 aliphatic heterocycles. The molecule has 6 nitrogen and oxygen atoms in total. The van der Waals surface area contributed by atoms with E-state index in [2.05, 4.69) is 19.9 Å². The molecule has 3 saturated heterocycles. The van der Waals surface area contributed by atoms with Gasteiger partial charge in [-0.1, -0.05) is 12.1 Å². The highest BCUT2D eigenvalue weighted by molar-refractivity contribution is 5.92. The molecule has 1 saturated carbocycles. The third-order valence-corrected chi connectivity index (χ3v) is 9.74. The van der Waals surface area contributed by atoms with Crippen LogP contribution >= 0.6 is 0 Å². The third-order valence-electron chi connectivity index (χ3n) is 9.74. The lowest BCUT2D eigenvalue weighted by molar-refractivity contribution is -0.161. The van der Waals surface area contributed by atoms with Crippen LogP contribution in [0.4, 0.5) is 36.6 Å². The Balaban J connectivity index is 1.36. The fourth-order valence-electron chi connectivity index (χ4n) is 7.85. The maximum Gasteiger partial charge on any atom is 0.417 e. The number of nitrogens with zero attached hydrogens (tertiary/aromatic N) is 5. The van der Waals surface area contributed by atoms with E-state index in [-0.39, 0.29) is 29.1 Å². The van der Waals surface area contributed by atoms with Gasteiger partial charge in [0.25, 0.3) is 0 Å². The number of rotatable bonds is 5. The van der Waals surface area contributed by atoms with Crippen molar-refractivity contribution in [1.82, 2.24) is 19.9 Å². The van der Waals surface area contributed by atoms with Crippen LogP contribution in [-0.4, -0.2) is 58.2 Å². The molecule has 4 fully saturated rings. The summed E-state index contributed by atoms with van der Waals surface area (Å²) in [7, 11) is 0. The fourth-order valence-corrected chi connectivity index (χ4v) is 7.85. The molecule has 7 rings (SSSR count). The Morgan fingerprint density at radius 1 is 0.930 bits per heavy atom. The lowest BCUT2D eigenvalue weighted by atomic mass is 9.95. The summed E-state index contributed by atoms with van der Waals surface area (Å²) in [5.41, 5.74) is -6.27. The summed E-state index contributed by atoms with van der Waals surface area (Å²) in [6.07, 6.45) is -2.38. The predicted molar refractivity (Wildman–Crippen MR) is 144 cm³/mol. The summed E-state index contributed by atoms with van der Waals surface area (Å²) < 4.78 is 106. The minimum atomic E-state index is -5.42. The summed E-state index contributed by atoms with van der Waals surface area (Å²) >= 11 is 0. The molecule has 5 heterocycles. The number of ether oxygens (including phenoxy) is 1. The van der Waals surface area contributed by atoms with E-state index in [0.717, 1.165) is 76.4 Å². The molecule has 3 aromatic rings. The Morgan fingerprint density at radius 3 is 2.28 bits per heavy atom. The van der Waals surface area contributed by atoms with Gasteiger partial charge in [0, 0.05) is 24.8 Å². The van der Waals surface area contributed by atoms with Gasteiger partial charge in [0.2, 0.25) is 0 Å². The van der Waals surface area contributed by atoms with Crippen molar-refractivity contribution in [3.63, 3.8) is 0 Å². The van der Waals surface area contributed by atoms with Gasteiger partial charge in [-0.15, -0.1) is 0 Å². The number of anilines is 1. The number of hydrogen-bond acceptors (Lipinski definition) is 6. The van der Waals surface area contributed by atoms with Gasteiger partial charge in [-0.25, -0.2) is 4.39 Å². The van der Waals surface area contributed by atoms with Crippen LogP contribution in [-0.2, 0) is 12.4 Å². The molecule has 0 amide bonds. The summed E-state index contributed by atoms with van der Waals surface area (Å²) in [5.74, 6) is 0.00217. The van der Waals surface area contributed by atoms with Crippen molar-refractivity contribution in [3.05, 3.63) is 41.3 Å². The quantitative estimate of drug-likeness (QED) is 0.288. The minimum absolute atomic E-state index is 0.107. The molecule has 4 aliphatic rings. The number of alkyl halides is 6. The van der Waals surface area contributed by atoms with Crippen LogP contribution in [0.5, 0.6) is 6.01 Å². The molecule has 0 spiro atoms. The molecule has 1 aromatic carbocycles. The molecule has 2 unspecified atom stereocenters. The lowest BCUT2D eigenvalue weighted by Gasteiger charge is -2.34. The SMILES string of the molecule is Fc1c(-c2cccc(C(F)(F)F)c2C(F)(F)F)ncc2c(N3CC4CCC(C4)C3)nc(OCC34CCCN3CCC4)nc12. The number of hydrogen-bond donors (Lipinski definition) is 0. The van der Waals surface area contributed by atoms with Gasteiger partial charge in [-0.05, 0) is 75.9 Å². The zero-order valence-electron chi connectivity index (χ0n) is 23.2. The Labute approximate surface area is 243 Å². The molecular formula is C30H30F7N5O. The molecule has 1 aliphatic carbocycles. The number of fused-ring (bicyclic) bond motifs is 4. The molecular weight excluding hydrogens is 579 g/mol. The van der Waals surface area contributed by atoms with Crippen LogP contribution in [0.15, 0.2) is 24.4 Å². The first-order valence-electron chi connectivity index (χ1n) is 14.7. The monoisotopic (exact) mass is 609 g/mol. The first kappa shape index (κ1) is 28.5. The van der Waals surface area contributed by atoms with Crippen molar-refractivity contribution in [2.45, 2.75) is 62.8 Å². The second-order valence-corrected chi connectivity index (χ2v) is 12.4. The normalized spacial score (nSPS) is 23.7. The maximum atomic E-state index is 16.3. The summed E-state index contributed by atoms with van der Waals surface area (Å²) in [4.78, 5) is 17.4. The highest BCUT2D eigenvalue weighted by atomic mass is 19.4. The Morgan fingerprint density at radius 2 is 1.63 bits per heavy atom. The van der Waals surface area contributed by atoms with E-state index in [1.54, 1.807) is 0 Å². The zero-order chi connectivity index (χ0) is 30.1. The predicted octanol–water partition coefficient (Wildman–Crippen LogP) is 7.11. The van der Waals surface area contributed by atoms with Crippen LogP contribution < -0.4 is 9.64 Å². The summed E-state index contributed by atoms with van der Waals surface area (Å²) in [6, 6.07) is 1.84. The molecule has 0 N–H and O–H groups in total. The summed E-state index contributed by atoms with van der Waals surface area (Å²) in [5, 5.41) is 0.178. The largest absolute Gasteiger partial charge is 0.461 e. The number of aromatic nitrogens is 3. The van der Waals surface area contributed by atoms with Crippen molar-refractivity contribution in [2.24, 2.45) is 11.8 Å². The smallest absolute Gasteiger partial charge is 0.417 e. The number of benzene rings is 1. The van der Waals surface area contributed by atoms with Crippen LogP contribution in [0.25, 0.3) is 22.2 Å². The minimum Gasteiger partial charge on any atom is -0.461 e. The van der Waals surface area contributed by atoms with E-state index >= 15 is 4.39 Å². The highest BCUT2D eigenvalue weighted by Gasteiger charge is 2.47. The average Bonchev–Trinajstić information content (AvgIpc) is 3.64. The van der Waals surface area contributed by atoms with E-state index in [0.29, 0.717) is 36.8 Å². The Bertz CT molecular complexity index is 1540. The third kappa shape index (κ3) is 4.97. The number of pyridine rings is 1. The van der Waals surface area contributed by atoms with Crippen molar-refractivity contribution in [2.75, 3.05) is 37.7 Å². The standard InChI is InChI=1S/C30H30F7N5O/c31-23-24(19-4-1-5-21(29(32,33)34)22(19)30(35,36)37)38-13-20-25(23)39-27(43-16-28-8-2-10-42(28)11-3-9-28)40-26(20)41-14-17-6-7-18(12-17)15-41/h1,4-5,13,17-18H,2-3,6-12,14-16H2. The lowest BCUT2D eigenvalue weighted by Crippen LogP contribution is -2.43. The van der Waals surface area contributed by atoms with Crippen molar-refractivity contribution in [1.29, 1.82) is 0 Å². The molecule has 0 radical (unpaired) electrons. The number of halogens is 7. The molecule has 2 bridgehead atoms. The van der Waals surface area contributed by atoms with Crippen LogP contribution in [0, 0.1) is 17.7 Å². The van der Waals surface area contributed by atoms with E-state index in [1.807, 2.05) is 4.90 Å². The van der Waals surface area contributed by atoms with Crippen molar-refractivity contribution < 1.29 is 35.5 Å². The Hall–Kier alpha value is -3.22. The van der Waals surface area contributed by atoms with Gasteiger partial charge in [-0.2, -0.15) is 36.3 Å². The highest BCUT2D eigenvalue weighted by Crippen LogP contribution is 2.46. The Kier molecular flexibility index (Phi) is 6.75. The van der Waals surface area contributed by atoms with Crippen LogP contribution in [0.3, 0.4) is 0 Å². The zero-order valence-corrected chi connectivity index (χ0v) is 23.2. The first-order valence-corrected chi connectivity index (χ1v) is 14.7. The van der Waals surface area contributed by atoms with Gasteiger partial charge in [0.1, 0.15) is 23.6 Å². The second-order valence-electron chi connectivity index (χ2n) is 12.4. The first-order chi connectivity index (χ1) is 20.4. The molecule has 2 aromatic heterocycles. The van der Waals surface area contributed by atoms with E-state index in [4.69, 9.17) is 4.74 Å². The van der Waals surface area contributed by atoms with Gasteiger partial charge < -0.3 is 9.64 Å². The molecule has 13 heteroatoms. The van der Waals surface area contributed by atoms with Crippen LogP contribution in [0.1, 0.15) is 56.1 Å². The molecule has 2 atom stereocenters. The molecule has 230 valence electrons. The topological polar surface area (TPSA) is 54.4 Å². The van der Waals surface area contributed by atoms with Crippen LogP contribution in [0.2, 0.25) is 0 Å². The average molecular weight is 610 g/mol. The van der Waals surface area contributed by atoms with Crippen molar-refractivity contribution >= 4 is 16.7 Å². The molecule has 43 heavy (non-hydrogen) atoms. The van der Waals surface area contributed by atoms with Gasteiger partial charge in [0.05, 0.1) is 22.1 Å². The van der Waals surface area contributed by atoms with Crippen molar-refractivity contribution in [3.8, 4) is 17.3 Å². The fraction of sp³-hybridized carbons (Fsp3) is 0.567. The van der Waals surface area contributed by atoms with Gasteiger partial charge >= 0.3 is 18.4 Å². The van der Waals surface area contributed by atoms with Gasteiger partial charge in [-0.3, -0.25) is 9.88 Å². The maximum absolute atomic E-state index is 16.3. The number of piperidine rings is 1. The van der Waals surface area contributed by atoms with E-state index < -0.39 is 40.6 Å².